The Morgan fingerprint density at radius 2 is 1.24 bits per heavy atom. The van der Waals surface area contributed by atoms with Crippen LogP contribution >= 0.6 is 0 Å². The van der Waals surface area contributed by atoms with Gasteiger partial charge in [0.25, 0.3) is 0 Å². The van der Waals surface area contributed by atoms with Gasteiger partial charge in [0.15, 0.2) is 0 Å². The molecule has 0 aliphatic carbocycles. The third-order valence-corrected chi connectivity index (χ3v) is 4.91. The van der Waals surface area contributed by atoms with Crippen molar-refractivity contribution in [1.29, 1.82) is 0 Å². The van der Waals surface area contributed by atoms with Crippen molar-refractivity contribution < 1.29 is 9.53 Å². The van der Waals surface area contributed by atoms with Crippen molar-refractivity contribution in [3.63, 3.8) is 0 Å². The van der Waals surface area contributed by atoms with E-state index in [4.69, 9.17) is 4.74 Å². The summed E-state index contributed by atoms with van der Waals surface area (Å²) in [5.74, 6) is 0.383. The first-order valence-corrected chi connectivity index (χ1v) is 10.9. The topological polar surface area (TPSA) is 26.3 Å². The second-order valence-corrected chi connectivity index (χ2v) is 7.75. The molecule has 0 N–H and O–H groups in total. The van der Waals surface area contributed by atoms with Gasteiger partial charge in [-0.25, -0.2) is 0 Å². The molecule has 0 spiro atoms. The smallest absolute Gasteiger partial charge is 0.306 e. The molecule has 0 fully saturated rings. The third-order valence-electron chi connectivity index (χ3n) is 4.91. The van der Waals surface area contributed by atoms with Gasteiger partial charge in [-0.15, -0.1) is 0 Å². The number of unbranched alkanes of at least 4 members (excludes halogenated alkanes) is 11. The zero-order chi connectivity index (χ0) is 18.8. The summed E-state index contributed by atoms with van der Waals surface area (Å²) in [6, 6.07) is 0. The second kappa shape index (κ2) is 18.0. The van der Waals surface area contributed by atoms with E-state index in [1.54, 1.807) is 0 Å². The molecule has 2 nitrogen and oxygen atoms in total. The molecule has 0 aromatic carbocycles. The number of carbonyl (C=O) groups excluding carboxylic acids is 1. The number of hydrogen-bond acceptors (Lipinski definition) is 2. The molecule has 148 valence electrons. The predicted molar refractivity (Wildman–Crippen MR) is 110 cm³/mol. The van der Waals surface area contributed by atoms with Crippen molar-refractivity contribution in [2.24, 2.45) is 5.92 Å². The van der Waals surface area contributed by atoms with Gasteiger partial charge >= 0.3 is 5.97 Å². The first-order valence-electron chi connectivity index (χ1n) is 10.9. The van der Waals surface area contributed by atoms with E-state index in [1.807, 2.05) is 6.92 Å². The van der Waals surface area contributed by atoms with Crippen LogP contribution in [0.25, 0.3) is 0 Å². The number of esters is 1. The molecule has 0 heterocycles. The van der Waals surface area contributed by atoms with Crippen LogP contribution in [0.5, 0.6) is 0 Å². The van der Waals surface area contributed by atoms with Crippen molar-refractivity contribution in [1.82, 2.24) is 0 Å². The Labute approximate surface area is 157 Å². The fraction of sp³-hybridized carbons (Fsp3) is 0.870. The molecule has 0 amide bonds. The highest BCUT2D eigenvalue weighted by Crippen LogP contribution is 2.13. The minimum atomic E-state index is -0.0219. The lowest BCUT2D eigenvalue weighted by Crippen LogP contribution is -2.19. The molecule has 0 rings (SSSR count). The number of rotatable bonds is 17. The Morgan fingerprint density at radius 1 is 0.760 bits per heavy atom. The van der Waals surface area contributed by atoms with Crippen LogP contribution in [-0.2, 0) is 9.53 Å². The summed E-state index contributed by atoms with van der Waals surface area (Å²) >= 11 is 0. The molecule has 0 aliphatic heterocycles. The molecular formula is C23H44O2. The summed E-state index contributed by atoms with van der Waals surface area (Å²) in [4.78, 5) is 11.7. The van der Waals surface area contributed by atoms with Crippen molar-refractivity contribution in [3.8, 4) is 0 Å². The third kappa shape index (κ3) is 17.8. The Morgan fingerprint density at radius 3 is 1.72 bits per heavy atom. The maximum absolute atomic E-state index is 11.7. The summed E-state index contributed by atoms with van der Waals surface area (Å²) in [5.41, 5.74) is 0. The Bertz CT molecular complexity index is 320. The predicted octanol–water partition coefficient (Wildman–Crippen LogP) is 7.61. The summed E-state index contributed by atoms with van der Waals surface area (Å²) < 4.78 is 5.39. The maximum atomic E-state index is 11.7. The van der Waals surface area contributed by atoms with Crippen LogP contribution in [0.2, 0.25) is 0 Å². The van der Waals surface area contributed by atoms with Gasteiger partial charge in [-0.05, 0) is 38.5 Å². The highest BCUT2D eigenvalue weighted by Gasteiger charge is 2.12. The standard InChI is InChI=1S/C23H44O2/c1-5-6-7-8-9-10-11-12-13-14-15-16-17-18-19-20-23(24)25-22(4)21(2)3/h6-7,21-22H,5,8-20H2,1-4H3/b7-6+. The fourth-order valence-electron chi connectivity index (χ4n) is 2.81. The normalized spacial score (nSPS) is 12.8. The van der Waals surface area contributed by atoms with Crippen LogP contribution in [-0.4, -0.2) is 12.1 Å². The van der Waals surface area contributed by atoms with Gasteiger partial charge in [-0.3, -0.25) is 4.79 Å². The van der Waals surface area contributed by atoms with Crippen LogP contribution < -0.4 is 0 Å². The van der Waals surface area contributed by atoms with Crippen molar-refractivity contribution in [3.05, 3.63) is 12.2 Å². The lowest BCUT2D eigenvalue weighted by molar-refractivity contribution is -0.150. The summed E-state index contributed by atoms with van der Waals surface area (Å²) in [6.07, 6.45) is 22.1. The Kier molecular flexibility index (Phi) is 17.4. The van der Waals surface area contributed by atoms with E-state index in [0.717, 1.165) is 12.8 Å². The van der Waals surface area contributed by atoms with Gasteiger partial charge in [0.05, 0.1) is 0 Å². The van der Waals surface area contributed by atoms with Gasteiger partial charge < -0.3 is 4.74 Å². The lowest BCUT2D eigenvalue weighted by atomic mass is 10.0. The fourth-order valence-corrected chi connectivity index (χ4v) is 2.81. The van der Waals surface area contributed by atoms with Gasteiger partial charge in [-0.1, -0.05) is 90.7 Å². The summed E-state index contributed by atoms with van der Waals surface area (Å²) in [7, 11) is 0. The zero-order valence-electron chi connectivity index (χ0n) is 17.5. The molecule has 1 atom stereocenters. The van der Waals surface area contributed by atoms with Gasteiger partial charge in [0.2, 0.25) is 0 Å². The molecule has 0 bridgehead atoms. The number of ether oxygens (including phenoxy) is 1. The van der Waals surface area contributed by atoms with Gasteiger partial charge in [-0.2, -0.15) is 0 Å². The molecule has 25 heavy (non-hydrogen) atoms. The molecule has 0 radical (unpaired) electrons. The van der Waals surface area contributed by atoms with E-state index < -0.39 is 0 Å². The van der Waals surface area contributed by atoms with Crippen LogP contribution in [0.15, 0.2) is 12.2 Å². The molecule has 2 heteroatoms. The molecular weight excluding hydrogens is 308 g/mol. The average molecular weight is 353 g/mol. The number of allylic oxidation sites excluding steroid dienone is 2. The van der Waals surface area contributed by atoms with E-state index in [1.165, 1.54) is 70.6 Å². The van der Waals surface area contributed by atoms with Crippen LogP contribution in [0.1, 0.15) is 118 Å². The first kappa shape index (κ1) is 24.2. The molecule has 0 saturated carbocycles. The van der Waals surface area contributed by atoms with Crippen molar-refractivity contribution in [2.45, 2.75) is 124 Å². The zero-order valence-corrected chi connectivity index (χ0v) is 17.5. The molecule has 0 aromatic heterocycles. The lowest BCUT2D eigenvalue weighted by Gasteiger charge is -2.16. The molecule has 0 saturated heterocycles. The number of hydrogen-bond donors (Lipinski definition) is 0. The average Bonchev–Trinajstić information content (AvgIpc) is 2.58. The number of carbonyl (C=O) groups is 1. The maximum Gasteiger partial charge on any atom is 0.306 e. The highest BCUT2D eigenvalue weighted by molar-refractivity contribution is 5.69. The van der Waals surface area contributed by atoms with Gasteiger partial charge in [0.1, 0.15) is 6.10 Å². The van der Waals surface area contributed by atoms with E-state index in [-0.39, 0.29) is 12.1 Å². The minimum absolute atomic E-state index is 0.0219. The van der Waals surface area contributed by atoms with Crippen molar-refractivity contribution in [2.75, 3.05) is 0 Å². The first-order chi connectivity index (χ1) is 12.1. The van der Waals surface area contributed by atoms with E-state index >= 15 is 0 Å². The monoisotopic (exact) mass is 352 g/mol. The van der Waals surface area contributed by atoms with Crippen molar-refractivity contribution >= 4 is 5.97 Å². The van der Waals surface area contributed by atoms with E-state index in [2.05, 4.69) is 32.9 Å². The van der Waals surface area contributed by atoms with Crippen LogP contribution in [0, 0.1) is 5.92 Å². The van der Waals surface area contributed by atoms with Crippen LogP contribution in [0.3, 0.4) is 0 Å². The van der Waals surface area contributed by atoms with E-state index in [0.29, 0.717) is 12.3 Å². The van der Waals surface area contributed by atoms with Gasteiger partial charge in [0, 0.05) is 6.42 Å². The Balaban J connectivity index is 3.21. The molecule has 0 aliphatic rings. The Hall–Kier alpha value is -0.790. The van der Waals surface area contributed by atoms with Crippen LogP contribution in [0.4, 0.5) is 0 Å². The highest BCUT2D eigenvalue weighted by atomic mass is 16.5. The molecule has 1 unspecified atom stereocenters. The second-order valence-electron chi connectivity index (χ2n) is 7.75. The minimum Gasteiger partial charge on any atom is -0.462 e. The largest absolute Gasteiger partial charge is 0.462 e. The quantitative estimate of drug-likeness (QED) is 0.153. The van der Waals surface area contributed by atoms with E-state index in [9.17, 15) is 4.79 Å². The molecule has 0 aromatic rings. The summed E-state index contributed by atoms with van der Waals surface area (Å²) in [6.45, 7) is 8.34. The SMILES string of the molecule is CC/C=C/CCCCCCCCCCCCCC(=O)OC(C)C(C)C. The summed E-state index contributed by atoms with van der Waals surface area (Å²) in [5, 5.41) is 0.